The summed E-state index contributed by atoms with van der Waals surface area (Å²) in [5.41, 5.74) is 1.28. The van der Waals surface area contributed by atoms with Crippen molar-refractivity contribution in [2.24, 2.45) is 5.92 Å². The van der Waals surface area contributed by atoms with Crippen molar-refractivity contribution >= 4 is 56.2 Å². The summed E-state index contributed by atoms with van der Waals surface area (Å²) in [6.07, 6.45) is 1.24. The van der Waals surface area contributed by atoms with Gasteiger partial charge in [-0.05, 0) is 50.1 Å². The minimum Gasteiger partial charge on any atom is -0.359 e. The number of amides is 2. The topological polar surface area (TPSA) is 98.8 Å². The summed E-state index contributed by atoms with van der Waals surface area (Å²) in [7, 11) is -3.60. The molecule has 2 fully saturated rings. The largest absolute Gasteiger partial charge is 0.359 e. The first-order valence-electron chi connectivity index (χ1n) is 10.4. The molecule has 0 bridgehead atoms. The molecule has 2 aliphatic heterocycles. The molecule has 4 rings (SSSR count). The standard InChI is InChI=1S/C21H25ClN4O4S2/c1-14-4-7-20(31-14)32(29,30)26-9-2-3-15(12-26)21(28)24-16-5-6-18(17(22)11-16)25-10-8-23-19(27)13-25/h4-7,11,15H,2-3,8-10,12-13H2,1H3,(H,23,27)(H,24,28)/t15-/m0/s1. The highest BCUT2D eigenvalue weighted by Crippen LogP contribution is 2.31. The highest BCUT2D eigenvalue weighted by Gasteiger charge is 2.34. The Labute approximate surface area is 196 Å². The Morgan fingerprint density at radius 3 is 2.75 bits per heavy atom. The molecule has 1 aromatic carbocycles. The number of piperidine rings is 1. The van der Waals surface area contributed by atoms with Crippen LogP contribution in [0.15, 0.2) is 34.5 Å². The molecule has 2 saturated heterocycles. The number of thiophene rings is 1. The zero-order valence-corrected chi connectivity index (χ0v) is 20.0. The molecule has 11 heteroatoms. The van der Waals surface area contributed by atoms with Gasteiger partial charge in [0.2, 0.25) is 11.8 Å². The van der Waals surface area contributed by atoms with Crippen molar-refractivity contribution in [1.82, 2.24) is 9.62 Å². The Hall–Kier alpha value is -2.14. The van der Waals surface area contributed by atoms with Crippen molar-refractivity contribution in [3.8, 4) is 0 Å². The molecule has 0 spiro atoms. The molecule has 2 N–H and O–H groups in total. The van der Waals surface area contributed by atoms with Gasteiger partial charge in [-0.3, -0.25) is 9.59 Å². The van der Waals surface area contributed by atoms with E-state index in [2.05, 4.69) is 10.6 Å². The average molecular weight is 497 g/mol. The number of sulfonamides is 1. The molecule has 2 amide bonds. The Bertz CT molecular complexity index is 1130. The fourth-order valence-electron chi connectivity index (χ4n) is 3.98. The van der Waals surface area contributed by atoms with Crippen LogP contribution >= 0.6 is 22.9 Å². The minimum atomic E-state index is -3.60. The smallest absolute Gasteiger partial charge is 0.252 e. The minimum absolute atomic E-state index is 0.0563. The van der Waals surface area contributed by atoms with Crippen LogP contribution in [0.25, 0.3) is 0 Å². The van der Waals surface area contributed by atoms with Gasteiger partial charge in [0, 0.05) is 36.7 Å². The number of anilines is 2. The number of benzene rings is 1. The maximum absolute atomic E-state index is 12.9. The molecule has 3 heterocycles. The van der Waals surface area contributed by atoms with Crippen LogP contribution in [-0.4, -0.2) is 57.3 Å². The second kappa shape index (κ2) is 9.38. The number of rotatable bonds is 5. The summed E-state index contributed by atoms with van der Waals surface area (Å²) in [6.45, 7) is 3.88. The maximum Gasteiger partial charge on any atom is 0.252 e. The number of nitrogens with one attached hydrogen (secondary N) is 2. The van der Waals surface area contributed by atoms with Gasteiger partial charge in [-0.25, -0.2) is 8.42 Å². The lowest BCUT2D eigenvalue weighted by molar-refractivity contribution is -0.121. The Morgan fingerprint density at radius 1 is 1.25 bits per heavy atom. The number of carbonyl (C=O) groups excluding carboxylic acids is 2. The van der Waals surface area contributed by atoms with Gasteiger partial charge in [0.05, 0.1) is 23.2 Å². The van der Waals surface area contributed by atoms with Crippen molar-refractivity contribution in [3.63, 3.8) is 0 Å². The lowest BCUT2D eigenvalue weighted by atomic mass is 9.98. The van der Waals surface area contributed by atoms with Crippen LogP contribution in [0, 0.1) is 12.8 Å². The summed E-state index contributed by atoms with van der Waals surface area (Å²) >= 11 is 7.66. The summed E-state index contributed by atoms with van der Waals surface area (Å²) in [4.78, 5) is 27.3. The Balaban J connectivity index is 1.42. The van der Waals surface area contributed by atoms with Gasteiger partial charge in [0.25, 0.3) is 10.0 Å². The summed E-state index contributed by atoms with van der Waals surface area (Å²) in [5, 5.41) is 6.08. The number of halogens is 1. The van der Waals surface area contributed by atoms with E-state index in [1.807, 2.05) is 11.8 Å². The molecule has 172 valence electrons. The monoisotopic (exact) mass is 496 g/mol. The molecule has 2 aliphatic rings. The predicted octanol–water partition coefficient (Wildman–Crippen LogP) is 2.69. The molecule has 8 nitrogen and oxygen atoms in total. The zero-order valence-electron chi connectivity index (χ0n) is 17.6. The van der Waals surface area contributed by atoms with Gasteiger partial charge < -0.3 is 15.5 Å². The van der Waals surface area contributed by atoms with Gasteiger partial charge >= 0.3 is 0 Å². The molecule has 32 heavy (non-hydrogen) atoms. The summed E-state index contributed by atoms with van der Waals surface area (Å²) < 4.78 is 27.6. The molecule has 0 radical (unpaired) electrons. The summed E-state index contributed by atoms with van der Waals surface area (Å²) in [6, 6.07) is 8.60. The van der Waals surface area contributed by atoms with Crippen LogP contribution in [0.4, 0.5) is 11.4 Å². The lowest BCUT2D eigenvalue weighted by Crippen LogP contribution is -2.47. The molecule has 0 unspecified atom stereocenters. The zero-order chi connectivity index (χ0) is 22.9. The first kappa shape index (κ1) is 23.0. The van der Waals surface area contributed by atoms with Crippen LogP contribution in [-0.2, 0) is 19.6 Å². The van der Waals surface area contributed by atoms with Crippen molar-refractivity contribution in [3.05, 3.63) is 40.2 Å². The number of carbonyl (C=O) groups is 2. The highest BCUT2D eigenvalue weighted by atomic mass is 35.5. The van der Waals surface area contributed by atoms with E-state index in [0.29, 0.717) is 47.4 Å². The SMILES string of the molecule is Cc1ccc(S(=O)(=O)N2CCC[C@H](C(=O)Nc3ccc(N4CCNC(=O)C4)c(Cl)c3)C2)s1. The van der Waals surface area contributed by atoms with Crippen LogP contribution in [0.5, 0.6) is 0 Å². The van der Waals surface area contributed by atoms with E-state index in [4.69, 9.17) is 11.6 Å². The summed E-state index contributed by atoms with van der Waals surface area (Å²) in [5.74, 6) is -0.725. The van der Waals surface area contributed by atoms with E-state index in [-0.39, 0.29) is 24.9 Å². The van der Waals surface area contributed by atoms with Gasteiger partial charge in [-0.2, -0.15) is 4.31 Å². The van der Waals surface area contributed by atoms with Crippen molar-refractivity contribution < 1.29 is 18.0 Å². The van der Waals surface area contributed by atoms with E-state index in [1.165, 1.54) is 15.6 Å². The molecular formula is C21H25ClN4O4S2. The molecule has 0 aliphatic carbocycles. The molecule has 1 aromatic heterocycles. The third-order valence-corrected chi connectivity index (χ3v) is 9.29. The molecular weight excluding hydrogens is 472 g/mol. The van der Waals surface area contributed by atoms with Crippen LogP contribution in [0.3, 0.4) is 0 Å². The van der Waals surface area contributed by atoms with Gasteiger partial charge in [0.1, 0.15) is 4.21 Å². The predicted molar refractivity (Wildman–Crippen MR) is 126 cm³/mol. The van der Waals surface area contributed by atoms with E-state index in [9.17, 15) is 18.0 Å². The third-order valence-electron chi connectivity index (χ3n) is 5.66. The van der Waals surface area contributed by atoms with Crippen LogP contribution in [0.1, 0.15) is 17.7 Å². The molecule has 0 saturated carbocycles. The lowest BCUT2D eigenvalue weighted by Gasteiger charge is -2.31. The normalized spacial score (nSPS) is 20.1. The van der Waals surface area contributed by atoms with Crippen LogP contribution in [0.2, 0.25) is 5.02 Å². The van der Waals surface area contributed by atoms with E-state index < -0.39 is 15.9 Å². The fraction of sp³-hybridized carbons (Fsp3) is 0.429. The number of nitrogens with zero attached hydrogens (tertiary/aromatic N) is 2. The highest BCUT2D eigenvalue weighted by molar-refractivity contribution is 7.91. The average Bonchev–Trinajstić information content (AvgIpc) is 3.21. The van der Waals surface area contributed by atoms with E-state index in [1.54, 1.807) is 30.3 Å². The first-order valence-corrected chi connectivity index (χ1v) is 13.1. The maximum atomic E-state index is 12.9. The van der Waals surface area contributed by atoms with Gasteiger partial charge in [-0.1, -0.05) is 11.6 Å². The quantitative estimate of drug-likeness (QED) is 0.663. The Kier molecular flexibility index (Phi) is 6.75. The number of hydrogen-bond donors (Lipinski definition) is 2. The fourth-order valence-corrected chi connectivity index (χ4v) is 7.24. The van der Waals surface area contributed by atoms with E-state index in [0.717, 1.165) is 10.6 Å². The van der Waals surface area contributed by atoms with Gasteiger partial charge in [-0.15, -0.1) is 11.3 Å². The number of hydrogen-bond acceptors (Lipinski definition) is 6. The second-order valence-corrected chi connectivity index (χ2v) is 11.9. The third kappa shape index (κ3) is 4.93. The van der Waals surface area contributed by atoms with Crippen molar-refractivity contribution in [2.45, 2.75) is 24.0 Å². The van der Waals surface area contributed by atoms with E-state index >= 15 is 0 Å². The number of piperazine rings is 1. The first-order chi connectivity index (χ1) is 15.2. The number of aryl methyl sites for hydroxylation is 1. The van der Waals surface area contributed by atoms with Crippen molar-refractivity contribution in [2.75, 3.05) is 42.9 Å². The van der Waals surface area contributed by atoms with Gasteiger partial charge in [0.15, 0.2) is 0 Å². The Morgan fingerprint density at radius 2 is 2.06 bits per heavy atom. The second-order valence-electron chi connectivity index (χ2n) is 7.99. The van der Waals surface area contributed by atoms with Crippen molar-refractivity contribution in [1.29, 1.82) is 0 Å². The molecule has 1 atom stereocenters. The molecule has 2 aromatic rings. The van der Waals surface area contributed by atoms with Crippen LogP contribution < -0.4 is 15.5 Å².